The van der Waals surface area contributed by atoms with E-state index in [1.54, 1.807) is 42.0 Å². The number of hydrogen-bond donors (Lipinski definition) is 0. The van der Waals surface area contributed by atoms with Crippen LogP contribution < -0.4 is 4.90 Å². The van der Waals surface area contributed by atoms with Gasteiger partial charge in [0.15, 0.2) is 0 Å². The lowest BCUT2D eigenvalue weighted by atomic mass is 9.74. The van der Waals surface area contributed by atoms with E-state index in [-0.39, 0.29) is 31.4 Å². The Balaban J connectivity index is 1.44. The number of halogens is 1. The zero-order valence-electron chi connectivity index (χ0n) is 20.1. The van der Waals surface area contributed by atoms with Crippen molar-refractivity contribution >= 4 is 32.4 Å². The molecule has 3 aromatic heterocycles. The van der Waals surface area contributed by atoms with E-state index in [1.807, 2.05) is 18.2 Å². The Labute approximate surface area is 213 Å². The van der Waals surface area contributed by atoms with E-state index >= 15 is 0 Å². The smallest absolute Gasteiger partial charge is 0.238 e. The Morgan fingerprint density at radius 2 is 1.81 bits per heavy atom. The third kappa shape index (κ3) is 3.87. The standard InChI is InChI=1S/C27H24FN5O3S/c1-37(35,36)32-11-7-27(8-12-32)22-6-10-30-16-24(22)33(26(27)34)17-23-25(18-3-2-9-29-14-18)21-5-4-20(28)13-19(21)15-31-23/h2-6,9-10,13-16H,7-8,11-12,17H2,1H3. The Morgan fingerprint density at radius 3 is 2.54 bits per heavy atom. The van der Waals surface area contributed by atoms with E-state index in [1.165, 1.54) is 22.7 Å². The highest BCUT2D eigenvalue weighted by Crippen LogP contribution is 2.48. The van der Waals surface area contributed by atoms with Crippen LogP contribution in [-0.4, -0.2) is 52.9 Å². The number of carbonyl (C=O) groups is 1. The van der Waals surface area contributed by atoms with Gasteiger partial charge in [-0.25, -0.2) is 17.1 Å². The molecule has 5 heterocycles. The second kappa shape index (κ2) is 8.67. The van der Waals surface area contributed by atoms with E-state index in [2.05, 4.69) is 15.0 Å². The van der Waals surface area contributed by atoms with Crippen LogP contribution in [0.15, 0.2) is 67.4 Å². The molecule has 188 valence electrons. The van der Waals surface area contributed by atoms with Crippen molar-refractivity contribution in [2.45, 2.75) is 24.8 Å². The summed E-state index contributed by atoms with van der Waals surface area (Å²) in [4.78, 5) is 29.0. The number of piperidine rings is 1. The van der Waals surface area contributed by atoms with E-state index in [0.717, 1.165) is 22.1 Å². The monoisotopic (exact) mass is 517 g/mol. The minimum atomic E-state index is -3.34. The van der Waals surface area contributed by atoms with Crippen LogP contribution in [0, 0.1) is 5.82 Å². The Kier molecular flexibility index (Phi) is 5.54. The van der Waals surface area contributed by atoms with Crippen LogP contribution in [0.1, 0.15) is 24.1 Å². The summed E-state index contributed by atoms with van der Waals surface area (Å²) in [6, 6.07) is 10.2. The van der Waals surface area contributed by atoms with Crippen LogP contribution in [0.5, 0.6) is 0 Å². The van der Waals surface area contributed by atoms with Gasteiger partial charge < -0.3 is 4.90 Å². The molecular weight excluding hydrogens is 493 g/mol. The fourth-order valence-electron chi connectivity index (χ4n) is 5.67. The van der Waals surface area contributed by atoms with Crippen LogP contribution in [0.4, 0.5) is 10.1 Å². The Bertz CT molecular complexity index is 1640. The van der Waals surface area contributed by atoms with Crippen molar-refractivity contribution < 1.29 is 17.6 Å². The first-order valence-corrected chi connectivity index (χ1v) is 13.8. The quantitative estimate of drug-likeness (QED) is 0.410. The van der Waals surface area contributed by atoms with Gasteiger partial charge in [-0.2, -0.15) is 0 Å². The van der Waals surface area contributed by atoms with E-state index in [0.29, 0.717) is 29.6 Å². The number of carbonyl (C=O) groups excluding carboxylic acids is 1. The summed E-state index contributed by atoms with van der Waals surface area (Å²) in [5.41, 5.74) is 3.02. The third-order valence-corrected chi connectivity index (χ3v) is 8.80. The largest absolute Gasteiger partial charge is 0.304 e. The number of anilines is 1. The molecule has 8 nitrogen and oxygen atoms in total. The molecule has 0 unspecified atom stereocenters. The summed E-state index contributed by atoms with van der Waals surface area (Å²) < 4.78 is 39.6. The maximum absolute atomic E-state index is 14.1. The van der Waals surface area contributed by atoms with Gasteiger partial charge in [-0.3, -0.25) is 19.7 Å². The SMILES string of the molecule is CS(=O)(=O)N1CCC2(CC1)C(=O)N(Cc1ncc3cc(F)ccc3c1-c1cccnc1)c1cnccc12. The van der Waals surface area contributed by atoms with Crippen LogP contribution in [0.25, 0.3) is 21.9 Å². The molecule has 1 amide bonds. The third-order valence-electron chi connectivity index (χ3n) is 7.50. The number of amides is 1. The van der Waals surface area contributed by atoms with Crippen molar-refractivity contribution in [2.75, 3.05) is 24.2 Å². The average Bonchev–Trinajstić information content (AvgIpc) is 3.11. The summed E-state index contributed by atoms with van der Waals surface area (Å²) in [5.74, 6) is -0.432. The Hall–Kier alpha value is -3.76. The molecule has 2 aliphatic heterocycles. The maximum atomic E-state index is 14.1. The van der Waals surface area contributed by atoms with Crippen molar-refractivity contribution in [1.82, 2.24) is 19.3 Å². The normalized spacial score (nSPS) is 17.5. The van der Waals surface area contributed by atoms with Gasteiger partial charge in [0.25, 0.3) is 0 Å². The minimum Gasteiger partial charge on any atom is -0.304 e. The molecule has 4 aromatic rings. The Morgan fingerprint density at radius 1 is 1.03 bits per heavy atom. The highest BCUT2D eigenvalue weighted by Gasteiger charge is 2.53. The molecule has 1 aromatic carbocycles. The molecule has 0 atom stereocenters. The predicted molar refractivity (Wildman–Crippen MR) is 138 cm³/mol. The molecule has 1 fully saturated rings. The summed E-state index contributed by atoms with van der Waals surface area (Å²) in [7, 11) is -3.34. The topological polar surface area (TPSA) is 96.4 Å². The molecule has 1 saturated heterocycles. The van der Waals surface area contributed by atoms with Gasteiger partial charge in [0.1, 0.15) is 5.82 Å². The number of aromatic nitrogens is 3. The number of rotatable bonds is 4. The molecule has 6 rings (SSSR count). The zero-order valence-corrected chi connectivity index (χ0v) is 20.9. The van der Waals surface area contributed by atoms with Gasteiger partial charge in [0.05, 0.1) is 35.8 Å². The van der Waals surface area contributed by atoms with Crippen LogP contribution >= 0.6 is 0 Å². The summed E-state index contributed by atoms with van der Waals surface area (Å²) >= 11 is 0. The number of fused-ring (bicyclic) bond motifs is 3. The van der Waals surface area contributed by atoms with Gasteiger partial charge in [0.2, 0.25) is 15.9 Å². The molecule has 37 heavy (non-hydrogen) atoms. The number of benzene rings is 1. The molecule has 2 aliphatic rings. The lowest BCUT2D eigenvalue weighted by molar-refractivity contribution is -0.124. The molecule has 0 N–H and O–H groups in total. The van der Waals surface area contributed by atoms with Crippen LogP contribution in [0.3, 0.4) is 0 Å². The second-order valence-electron chi connectivity index (χ2n) is 9.58. The van der Waals surface area contributed by atoms with E-state index < -0.39 is 15.4 Å². The van der Waals surface area contributed by atoms with Gasteiger partial charge in [0, 0.05) is 54.4 Å². The minimum absolute atomic E-state index is 0.0817. The van der Waals surface area contributed by atoms with Gasteiger partial charge in [-0.15, -0.1) is 0 Å². The first-order chi connectivity index (χ1) is 17.8. The van der Waals surface area contributed by atoms with Crippen LogP contribution in [0.2, 0.25) is 0 Å². The van der Waals surface area contributed by atoms with Gasteiger partial charge in [-0.05, 0) is 48.1 Å². The zero-order chi connectivity index (χ0) is 25.8. The van der Waals surface area contributed by atoms with Crippen molar-refractivity contribution in [2.24, 2.45) is 0 Å². The van der Waals surface area contributed by atoms with Gasteiger partial charge in [-0.1, -0.05) is 12.1 Å². The van der Waals surface area contributed by atoms with Crippen molar-refractivity contribution in [3.05, 3.63) is 84.5 Å². The van der Waals surface area contributed by atoms with Crippen molar-refractivity contribution in [3.8, 4) is 11.1 Å². The second-order valence-corrected chi connectivity index (χ2v) is 11.6. The number of nitrogens with zero attached hydrogens (tertiary/aromatic N) is 5. The lowest BCUT2D eigenvalue weighted by Crippen LogP contribution is -2.49. The highest BCUT2D eigenvalue weighted by atomic mass is 32.2. The number of hydrogen-bond acceptors (Lipinski definition) is 6. The summed E-state index contributed by atoms with van der Waals surface area (Å²) in [6.45, 7) is 0.744. The summed E-state index contributed by atoms with van der Waals surface area (Å²) in [6.07, 6.45) is 10.4. The molecule has 10 heteroatoms. The highest BCUT2D eigenvalue weighted by molar-refractivity contribution is 7.88. The fraction of sp³-hybridized carbons (Fsp3) is 0.259. The van der Waals surface area contributed by atoms with Crippen molar-refractivity contribution in [1.29, 1.82) is 0 Å². The fourth-order valence-corrected chi connectivity index (χ4v) is 6.51. The molecular formula is C27H24FN5O3S. The number of pyridine rings is 3. The molecule has 0 radical (unpaired) electrons. The molecule has 0 aliphatic carbocycles. The van der Waals surface area contributed by atoms with Crippen LogP contribution in [-0.2, 0) is 26.8 Å². The summed E-state index contributed by atoms with van der Waals surface area (Å²) in [5, 5.41) is 1.47. The molecule has 0 bridgehead atoms. The number of sulfonamides is 1. The average molecular weight is 518 g/mol. The molecule has 0 saturated carbocycles. The van der Waals surface area contributed by atoms with Crippen molar-refractivity contribution in [3.63, 3.8) is 0 Å². The maximum Gasteiger partial charge on any atom is 0.238 e. The van der Waals surface area contributed by atoms with Gasteiger partial charge >= 0.3 is 0 Å². The predicted octanol–water partition coefficient (Wildman–Crippen LogP) is 3.67. The van der Waals surface area contributed by atoms with E-state index in [9.17, 15) is 17.6 Å². The first kappa shape index (κ1) is 23.6. The first-order valence-electron chi connectivity index (χ1n) is 12.0. The lowest BCUT2D eigenvalue weighted by Gasteiger charge is -2.37. The molecule has 1 spiro atoms. The van der Waals surface area contributed by atoms with E-state index in [4.69, 9.17) is 0 Å².